The van der Waals surface area contributed by atoms with Gasteiger partial charge >= 0.3 is 11.8 Å². The summed E-state index contributed by atoms with van der Waals surface area (Å²) >= 11 is 3.31. The summed E-state index contributed by atoms with van der Waals surface area (Å²) in [5.41, 5.74) is 0.460. The molecule has 0 aromatic heterocycles. The normalized spacial score (nSPS) is 15.4. The number of Topliss-reactive ketones (excluding diaryl/α,β-unsaturated/α-hetero) is 1. The van der Waals surface area contributed by atoms with E-state index in [1.54, 1.807) is 25.2 Å². The molecule has 1 saturated heterocycles. The highest BCUT2D eigenvalue weighted by Gasteiger charge is 2.31. The molecule has 1 heterocycles. The summed E-state index contributed by atoms with van der Waals surface area (Å²) in [6.45, 7) is 0.700. The molecule has 1 aromatic carbocycles. The highest BCUT2D eigenvalue weighted by Crippen LogP contribution is 2.25. The first-order valence-corrected chi connectivity index (χ1v) is 7.14. The van der Waals surface area contributed by atoms with Gasteiger partial charge in [-0.05, 0) is 34.1 Å². The smallest absolute Gasteiger partial charge is 0.312 e. The van der Waals surface area contributed by atoms with Gasteiger partial charge in [0.05, 0.1) is 18.1 Å². The largest absolute Gasteiger partial charge is 0.496 e. The molecular formula is C14H15BrN2O4. The fourth-order valence-corrected chi connectivity index (χ4v) is 2.57. The van der Waals surface area contributed by atoms with Crippen molar-refractivity contribution in [2.45, 2.75) is 0 Å². The third kappa shape index (κ3) is 3.24. The Kier molecular flexibility index (Phi) is 4.62. The van der Waals surface area contributed by atoms with E-state index in [-0.39, 0.29) is 12.3 Å². The third-order valence-electron chi connectivity index (χ3n) is 3.33. The molecule has 0 aliphatic carbocycles. The first-order valence-electron chi connectivity index (χ1n) is 6.35. The zero-order chi connectivity index (χ0) is 15.6. The molecule has 0 spiro atoms. The van der Waals surface area contributed by atoms with Crippen LogP contribution in [0.15, 0.2) is 22.7 Å². The summed E-state index contributed by atoms with van der Waals surface area (Å²) in [4.78, 5) is 38.3. The summed E-state index contributed by atoms with van der Waals surface area (Å²) in [6, 6.07) is 4.95. The van der Waals surface area contributed by atoms with Crippen molar-refractivity contribution in [3.05, 3.63) is 28.2 Å². The van der Waals surface area contributed by atoms with E-state index in [2.05, 4.69) is 15.9 Å². The molecule has 0 atom stereocenters. The van der Waals surface area contributed by atoms with E-state index in [0.29, 0.717) is 28.9 Å². The number of hydrogen-bond acceptors (Lipinski definition) is 4. The topological polar surface area (TPSA) is 66.9 Å². The summed E-state index contributed by atoms with van der Waals surface area (Å²) in [5.74, 6) is -0.809. The molecule has 0 radical (unpaired) electrons. The molecule has 2 rings (SSSR count). The Morgan fingerprint density at radius 2 is 2.00 bits per heavy atom. The van der Waals surface area contributed by atoms with Crippen LogP contribution < -0.4 is 4.74 Å². The van der Waals surface area contributed by atoms with Crippen LogP contribution in [0.3, 0.4) is 0 Å². The molecule has 112 valence electrons. The van der Waals surface area contributed by atoms with E-state index < -0.39 is 11.8 Å². The second-order valence-corrected chi connectivity index (χ2v) is 5.58. The summed E-state index contributed by atoms with van der Waals surface area (Å²) in [5, 5.41) is 0. The predicted octanol–water partition coefficient (Wildman–Crippen LogP) is 0.941. The summed E-state index contributed by atoms with van der Waals surface area (Å²) in [6.07, 6.45) is 0. The Morgan fingerprint density at radius 1 is 1.29 bits per heavy atom. The number of rotatable bonds is 4. The minimum absolute atomic E-state index is 0.100. The van der Waals surface area contributed by atoms with Gasteiger partial charge in [-0.2, -0.15) is 0 Å². The lowest BCUT2D eigenvalue weighted by Gasteiger charge is -2.30. The second-order valence-electron chi connectivity index (χ2n) is 4.73. The number of ether oxygens (including phenoxy) is 1. The van der Waals surface area contributed by atoms with Crippen molar-refractivity contribution in [1.29, 1.82) is 0 Å². The molecule has 1 aromatic rings. The minimum Gasteiger partial charge on any atom is -0.496 e. The SMILES string of the molecule is COc1ccc(C(=O)CN2CCN(C)C(=O)C2=O)cc1Br. The average Bonchev–Trinajstić information content (AvgIpc) is 2.47. The van der Waals surface area contributed by atoms with E-state index >= 15 is 0 Å². The number of piperazine rings is 1. The van der Waals surface area contributed by atoms with Crippen LogP contribution in [0, 0.1) is 0 Å². The Balaban J connectivity index is 2.09. The van der Waals surface area contributed by atoms with Crippen LogP contribution in [0.5, 0.6) is 5.75 Å². The molecule has 1 aliphatic rings. The van der Waals surface area contributed by atoms with Crippen LogP contribution in [-0.4, -0.2) is 61.2 Å². The van der Waals surface area contributed by atoms with Crippen LogP contribution in [0.1, 0.15) is 10.4 Å². The van der Waals surface area contributed by atoms with Crippen LogP contribution in [0.4, 0.5) is 0 Å². The van der Waals surface area contributed by atoms with E-state index in [1.807, 2.05) is 0 Å². The van der Waals surface area contributed by atoms with Crippen molar-refractivity contribution >= 4 is 33.5 Å². The fourth-order valence-electron chi connectivity index (χ4n) is 2.03. The van der Waals surface area contributed by atoms with Crippen LogP contribution in [0.25, 0.3) is 0 Å². The van der Waals surface area contributed by atoms with Crippen LogP contribution in [0.2, 0.25) is 0 Å². The lowest BCUT2D eigenvalue weighted by molar-refractivity contribution is -0.154. The average molecular weight is 355 g/mol. The van der Waals surface area contributed by atoms with Gasteiger partial charge in [0.15, 0.2) is 5.78 Å². The van der Waals surface area contributed by atoms with E-state index in [0.717, 1.165) is 0 Å². The number of hydrogen-bond donors (Lipinski definition) is 0. The van der Waals surface area contributed by atoms with Crippen LogP contribution in [-0.2, 0) is 9.59 Å². The number of nitrogens with zero attached hydrogens (tertiary/aromatic N) is 2. The van der Waals surface area contributed by atoms with Gasteiger partial charge in [0.1, 0.15) is 5.75 Å². The number of amides is 2. The molecule has 7 heteroatoms. The maximum atomic E-state index is 12.2. The van der Waals surface area contributed by atoms with Crippen molar-refractivity contribution in [2.75, 3.05) is 33.8 Å². The maximum absolute atomic E-state index is 12.2. The molecule has 0 N–H and O–H groups in total. The standard InChI is InChI=1S/C14H15BrN2O4/c1-16-5-6-17(14(20)13(16)19)8-11(18)9-3-4-12(21-2)10(15)7-9/h3-4,7H,5-6,8H2,1-2H3. The van der Waals surface area contributed by atoms with Gasteiger partial charge < -0.3 is 14.5 Å². The number of carbonyl (C=O) groups excluding carboxylic acids is 3. The van der Waals surface area contributed by atoms with Gasteiger partial charge in [-0.1, -0.05) is 0 Å². The van der Waals surface area contributed by atoms with Crippen molar-refractivity contribution in [1.82, 2.24) is 9.80 Å². The molecule has 0 bridgehead atoms. The number of likely N-dealkylation sites (N-methyl/N-ethyl adjacent to an activating group) is 1. The number of ketones is 1. The zero-order valence-corrected chi connectivity index (χ0v) is 13.3. The quantitative estimate of drug-likeness (QED) is 0.596. The first-order chi connectivity index (χ1) is 9.93. The molecule has 0 unspecified atom stereocenters. The van der Waals surface area contributed by atoms with Gasteiger partial charge in [-0.25, -0.2) is 0 Å². The van der Waals surface area contributed by atoms with Crippen LogP contribution >= 0.6 is 15.9 Å². The van der Waals surface area contributed by atoms with E-state index in [4.69, 9.17) is 4.74 Å². The number of carbonyl (C=O) groups is 3. The zero-order valence-electron chi connectivity index (χ0n) is 11.8. The van der Waals surface area contributed by atoms with Crippen molar-refractivity contribution in [2.24, 2.45) is 0 Å². The Labute approximate surface area is 130 Å². The summed E-state index contributed by atoms with van der Waals surface area (Å²) < 4.78 is 5.76. The number of benzene rings is 1. The monoisotopic (exact) mass is 354 g/mol. The minimum atomic E-state index is -0.635. The van der Waals surface area contributed by atoms with E-state index in [1.165, 1.54) is 16.9 Å². The number of methoxy groups -OCH3 is 1. The maximum Gasteiger partial charge on any atom is 0.312 e. The molecule has 1 aliphatic heterocycles. The van der Waals surface area contributed by atoms with E-state index in [9.17, 15) is 14.4 Å². The fraction of sp³-hybridized carbons (Fsp3) is 0.357. The highest BCUT2D eigenvalue weighted by molar-refractivity contribution is 9.10. The molecular weight excluding hydrogens is 340 g/mol. The summed E-state index contributed by atoms with van der Waals surface area (Å²) in [7, 11) is 3.11. The van der Waals surface area contributed by atoms with Gasteiger partial charge in [0.2, 0.25) is 0 Å². The number of halogens is 1. The third-order valence-corrected chi connectivity index (χ3v) is 3.95. The Morgan fingerprint density at radius 3 is 2.62 bits per heavy atom. The van der Waals surface area contributed by atoms with Crippen molar-refractivity contribution in [3.63, 3.8) is 0 Å². The predicted molar refractivity (Wildman–Crippen MR) is 79.2 cm³/mol. The lowest BCUT2D eigenvalue weighted by atomic mass is 10.1. The first kappa shape index (κ1) is 15.5. The van der Waals surface area contributed by atoms with Gasteiger partial charge in [-0.15, -0.1) is 0 Å². The molecule has 0 saturated carbocycles. The molecule has 2 amide bonds. The highest BCUT2D eigenvalue weighted by atomic mass is 79.9. The van der Waals surface area contributed by atoms with Gasteiger partial charge in [0.25, 0.3) is 0 Å². The molecule has 6 nitrogen and oxygen atoms in total. The van der Waals surface area contributed by atoms with Gasteiger partial charge in [-0.3, -0.25) is 14.4 Å². The molecule has 21 heavy (non-hydrogen) atoms. The van der Waals surface area contributed by atoms with Crippen molar-refractivity contribution in [3.8, 4) is 5.75 Å². The molecule has 1 fully saturated rings. The van der Waals surface area contributed by atoms with Crippen molar-refractivity contribution < 1.29 is 19.1 Å². The second kappa shape index (κ2) is 6.26. The Bertz CT molecular complexity index is 603. The Hall–Kier alpha value is -1.89. The van der Waals surface area contributed by atoms with Gasteiger partial charge in [0, 0.05) is 25.7 Å². The lowest BCUT2D eigenvalue weighted by Crippen LogP contribution is -2.53.